The van der Waals surface area contributed by atoms with Crippen molar-refractivity contribution in [1.82, 2.24) is 19.1 Å². The van der Waals surface area contributed by atoms with Gasteiger partial charge in [0, 0.05) is 43.5 Å². The smallest absolute Gasteiger partial charge is 0.271 e. The van der Waals surface area contributed by atoms with Crippen LogP contribution in [0.3, 0.4) is 0 Å². The highest BCUT2D eigenvalue weighted by atomic mass is 16.5. The molecule has 0 saturated carbocycles. The summed E-state index contributed by atoms with van der Waals surface area (Å²) in [5.74, 6) is 2.14. The number of benzene rings is 7. The third kappa shape index (κ3) is 10.1. The summed E-state index contributed by atoms with van der Waals surface area (Å²) in [6.07, 6.45) is 3.79. The van der Waals surface area contributed by atoms with Gasteiger partial charge in [-0.3, -0.25) is 13.7 Å². The van der Waals surface area contributed by atoms with E-state index >= 15 is 0 Å². The summed E-state index contributed by atoms with van der Waals surface area (Å²) in [7, 11) is 0. The molecule has 11 aromatic rings. The molecule has 392 valence electrons. The van der Waals surface area contributed by atoms with E-state index in [-0.39, 0.29) is 33.9 Å². The van der Waals surface area contributed by atoms with Crippen LogP contribution in [0.15, 0.2) is 176 Å². The number of para-hydroxylation sites is 4. The van der Waals surface area contributed by atoms with Gasteiger partial charge in [0.15, 0.2) is 5.82 Å². The Hall–Kier alpha value is -8.09. The standard InChI is InChI=1S/C72H73N5O/c1-46-35-51(70(6,7)8)36-47(2)67(46)60-41-55(78-54-31-32-59-58-25-18-19-28-61(58)77(64(59)42-54)65-37-48(33-34-73-65)44-69(3,4)5)43-66(74-60)75-45-76(63-30-21-20-29-62(63)75)68-56(49-23-16-15-17-24-49)26-22-27-57(68)50-38-52(71(9,10)11)40-53(39-50)72(12,13)14/h15-43H,44H2,1-14H3/i15D,16D,17D,23D,24D,44D2. The fourth-order valence-corrected chi connectivity index (χ4v) is 10.7. The Bertz CT molecular complexity index is 4420. The fraction of sp³-hybridized carbons (Fsp3) is 0.264. The molecular weight excluding hydrogens is 951 g/mol. The van der Waals surface area contributed by atoms with Crippen molar-refractivity contribution in [2.75, 3.05) is 0 Å². The van der Waals surface area contributed by atoms with E-state index in [1.165, 1.54) is 5.56 Å². The van der Waals surface area contributed by atoms with Gasteiger partial charge in [-0.2, -0.15) is 0 Å². The van der Waals surface area contributed by atoms with E-state index in [2.05, 4.69) is 136 Å². The highest BCUT2D eigenvalue weighted by Crippen LogP contribution is 2.42. The average Bonchev–Trinajstić information content (AvgIpc) is 1.90. The van der Waals surface area contributed by atoms with Gasteiger partial charge in [0.25, 0.3) is 6.33 Å². The molecule has 0 N–H and O–H groups in total. The first-order chi connectivity index (χ1) is 39.8. The van der Waals surface area contributed by atoms with Crippen LogP contribution in [-0.2, 0) is 22.6 Å². The van der Waals surface area contributed by atoms with Crippen LogP contribution < -0.4 is 9.30 Å². The van der Waals surface area contributed by atoms with Crippen molar-refractivity contribution in [3.63, 3.8) is 0 Å². The molecule has 0 saturated heterocycles. The molecule has 0 bridgehead atoms. The van der Waals surface area contributed by atoms with Gasteiger partial charge in [0.2, 0.25) is 0 Å². The predicted octanol–water partition coefficient (Wildman–Crippen LogP) is 18.5. The number of aryl methyl sites for hydroxylation is 2. The zero-order valence-electron chi connectivity index (χ0n) is 54.5. The first kappa shape index (κ1) is 44.0. The summed E-state index contributed by atoms with van der Waals surface area (Å²) in [5.41, 5.74) is 12.5. The minimum atomic E-state index is -1.65. The molecule has 6 heteroatoms. The molecule has 4 aromatic heterocycles. The molecule has 0 aliphatic carbocycles. The topological polar surface area (TPSA) is 48.8 Å². The summed E-state index contributed by atoms with van der Waals surface area (Å²) in [6, 6.07) is 44.7. The quantitative estimate of drug-likeness (QED) is 0.107. The summed E-state index contributed by atoms with van der Waals surface area (Å²) in [4.78, 5) is 10.4. The lowest BCUT2D eigenvalue weighted by molar-refractivity contribution is -0.571. The predicted molar refractivity (Wildman–Crippen MR) is 325 cm³/mol. The van der Waals surface area contributed by atoms with Gasteiger partial charge >= 0.3 is 0 Å². The number of rotatable bonds is 9. The van der Waals surface area contributed by atoms with Gasteiger partial charge in [-0.05, 0) is 128 Å². The van der Waals surface area contributed by atoms with Crippen LogP contribution in [-0.4, -0.2) is 19.1 Å². The zero-order chi connectivity index (χ0) is 61.2. The fourth-order valence-electron chi connectivity index (χ4n) is 10.7. The molecule has 0 aliphatic rings. The van der Waals surface area contributed by atoms with E-state index in [0.717, 1.165) is 71.8 Å². The van der Waals surface area contributed by atoms with E-state index in [1.54, 1.807) is 12.3 Å². The molecule has 4 heterocycles. The molecule has 78 heavy (non-hydrogen) atoms. The number of imidazole rings is 1. The monoisotopic (exact) mass is 1030 g/mol. The van der Waals surface area contributed by atoms with Crippen LogP contribution >= 0.6 is 0 Å². The van der Waals surface area contributed by atoms with Gasteiger partial charge in [-0.1, -0.05) is 204 Å². The molecule has 0 spiro atoms. The van der Waals surface area contributed by atoms with Gasteiger partial charge in [-0.25, -0.2) is 9.97 Å². The second kappa shape index (κ2) is 19.4. The van der Waals surface area contributed by atoms with Gasteiger partial charge < -0.3 is 4.74 Å². The highest BCUT2D eigenvalue weighted by Gasteiger charge is 2.26. The number of pyridine rings is 2. The molecule has 6 nitrogen and oxygen atoms in total. The third-order valence-corrected chi connectivity index (χ3v) is 14.6. The third-order valence-electron chi connectivity index (χ3n) is 14.6. The van der Waals surface area contributed by atoms with Crippen LogP contribution in [0.4, 0.5) is 0 Å². The molecule has 0 atom stereocenters. The second-order valence-corrected chi connectivity index (χ2v) is 25.0. The zero-order valence-corrected chi connectivity index (χ0v) is 47.5. The Kier molecular flexibility index (Phi) is 10.9. The number of fused-ring (bicyclic) bond motifs is 4. The summed E-state index contributed by atoms with van der Waals surface area (Å²) in [6.45, 7) is 29.8. The van der Waals surface area contributed by atoms with Crippen molar-refractivity contribution in [1.29, 1.82) is 0 Å². The minimum Gasteiger partial charge on any atom is -0.458 e. The number of nitrogens with zero attached hydrogens (tertiary/aromatic N) is 5. The molecule has 0 radical (unpaired) electrons. The maximum Gasteiger partial charge on any atom is 0.271 e. The normalized spacial score (nSPS) is 14.0. The maximum atomic E-state index is 9.38. The lowest BCUT2D eigenvalue weighted by Gasteiger charge is -2.27. The molecule has 0 unspecified atom stereocenters. The maximum absolute atomic E-state index is 9.38. The van der Waals surface area contributed by atoms with Crippen LogP contribution in [0.1, 0.15) is 126 Å². The first-order valence-electron chi connectivity index (χ1n) is 30.5. The van der Waals surface area contributed by atoms with Crippen LogP contribution in [0.5, 0.6) is 11.5 Å². The van der Waals surface area contributed by atoms with Crippen molar-refractivity contribution in [2.24, 2.45) is 5.41 Å². The van der Waals surface area contributed by atoms with Crippen molar-refractivity contribution >= 4 is 32.8 Å². The summed E-state index contributed by atoms with van der Waals surface area (Å²) >= 11 is 0. The van der Waals surface area contributed by atoms with E-state index in [0.29, 0.717) is 45.6 Å². The van der Waals surface area contributed by atoms with Crippen LogP contribution in [0.2, 0.25) is 0 Å². The van der Waals surface area contributed by atoms with Gasteiger partial charge in [-0.15, -0.1) is 0 Å². The number of aromatic nitrogens is 5. The Labute approximate surface area is 471 Å². The summed E-state index contributed by atoms with van der Waals surface area (Å²) < 4.78 is 76.6. The lowest BCUT2D eigenvalue weighted by Crippen LogP contribution is -2.31. The van der Waals surface area contributed by atoms with Crippen LogP contribution in [0.25, 0.3) is 83.7 Å². The molecule has 0 aliphatic heterocycles. The van der Waals surface area contributed by atoms with Crippen molar-refractivity contribution in [2.45, 2.75) is 120 Å². The first-order valence-corrected chi connectivity index (χ1v) is 27.0. The van der Waals surface area contributed by atoms with E-state index < -0.39 is 29.9 Å². The Balaban J connectivity index is 1.17. The largest absolute Gasteiger partial charge is 0.458 e. The molecular formula is C72H73N5O. The van der Waals surface area contributed by atoms with E-state index in [4.69, 9.17) is 18.8 Å². The Morgan fingerprint density at radius 1 is 0.564 bits per heavy atom. The molecule has 11 rings (SSSR count). The number of hydrogen-bond acceptors (Lipinski definition) is 3. The Morgan fingerprint density at radius 3 is 1.85 bits per heavy atom. The van der Waals surface area contributed by atoms with E-state index in [9.17, 15) is 5.48 Å². The second-order valence-electron chi connectivity index (χ2n) is 25.0. The molecule has 0 amide bonds. The van der Waals surface area contributed by atoms with E-state index in [1.807, 2.05) is 115 Å². The average molecular weight is 1030 g/mol. The Morgan fingerprint density at radius 2 is 1.18 bits per heavy atom. The van der Waals surface area contributed by atoms with Crippen molar-refractivity contribution < 1.29 is 18.9 Å². The minimum absolute atomic E-state index is 0.0781. The van der Waals surface area contributed by atoms with Crippen LogP contribution in [0, 0.1) is 25.6 Å². The molecule has 7 aromatic carbocycles. The number of hydrogen-bond donors (Lipinski definition) is 0. The SMILES string of the molecule is [2H]c1c([2H])c([2H])c(-c2cccc(-c3cc(C(C)(C)C)cc(C(C)(C)C)c3)c2-[n+]2[c-]n(-c3cc(Oc4ccc5c6ccccc6n(-c6cc(C([2H])([2H])C(C)(C)C)ccn6)c5c4)cc(-c4c(C)cc(C(C)(C)C)cc4C)n3)c3ccccc32)c([2H])c1[2H]. The highest BCUT2D eigenvalue weighted by molar-refractivity contribution is 6.09. The van der Waals surface area contributed by atoms with Crippen molar-refractivity contribution in [3.8, 4) is 62.3 Å². The summed E-state index contributed by atoms with van der Waals surface area (Å²) in [5, 5.41) is 2.00. The molecule has 0 fully saturated rings. The van der Waals surface area contributed by atoms with Crippen molar-refractivity contribution in [3.05, 3.63) is 216 Å². The lowest BCUT2D eigenvalue weighted by atomic mass is 9.78. The van der Waals surface area contributed by atoms with Gasteiger partial charge in [0.1, 0.15) is 17.3 Å². The number of ether oxygens (including phenoxy) is 1. The van der Waals surface area contributed by atoms with Gasteiger partial charge in [0.05, 0.1) is 40.3 Å².